The van der Waals surface area contributed by atoms with Crippen LogP contribution in [0.3, 0.4) is 0 Å². The number of fused-ring (bicyclic) bond motifs is 1. The van der Waals surface area contributed by atoms with Gasteiger partial charge in [0.1, 0.15) is 5.75 Å². The van der Waals surface area contributed by atoms with E-state index in [0.29, 0.717) is 29.5 Å². The first-order valence-corrected chi connectivity index (χ1v) is 6.72. The molecule has 0 amide bonds. The second-order valence-corrected chi connectivity index (χ2v) is 4.55. The van der Waals surface area contributed by atoms with Crippen LogP contribution in [0, 0.1) is 0 Å². The van der Waals surface area contributed by atoms with Gasteiger partial charge in [0, 0.05) is 6.42 Å². The standard InChI is InChI=1S/C16H14N2O3/c1-2-15-17-18-16(21-15)10-20-14-8-7-11-5-3-4-6-12(11)13(14)9-19/h3-9H,2,10H2,1H3. The van der Waals surface area contributed by atoms with Crippen molar-refractivity contribution in [2.45, 2.75) is 20.0 Å². The molecule has 3 rings (SSSR count). The van der Waals surface area contributed by atoms with Crippen LogP contribution in [0.25, 0.3) is 10.8 Å². The molecule has 5 nitrogen and oxygen atoms in total. The number of aromatic nitrogens is 2. The van der Waals surface area contributed by atoms with Gasteiger partial charge in [0.05, 0.1) is 5.56 Å². The molecule has 106 valence electrons. The second kappa shape index (κ2) is 5.75. The Morgan fingerprint density at radius 1 is 1.14 bits per heavy atom. The lowest BCUT2D eigenvalue weighted by molar-refractivity contribution is 0.112. The van der Waals surface area contributed by atoms with Gasteiger partial charge in [-0.2, -0.15) is 0 Å². The first-order valence-electron chi connectivity index (χ1n) is 6.72. The Morgan fingerprint density at radius 3 is 2.71 bits per heavy atom. The highest BCUT2D eigenvalue weighted by Crippen LogP contribution is 2.27. The van der Waals surface area contributed by atoms with Gasteiger partial charge < -0.3 is 9.15 Å². The van der Waals surface area contributed by atoms with Crippen molar-refractivity contribution in [2.24, 2.45) is 0 Å². The predicted molar refractivity (Wildman–Crippen MR) is 77.3 cm³/mol. The Bertz CT molecular complexity index is 780. The summed E-state index contributed by atoms with van der Waals surface area (Å²) in [7, 11) is 0. The molecule has 0 atom stereocenters. The first kappa shape index (κ1) is 13.3. The molecule has 0 fully saturated rings. The van der Waals surface area contributed by atoms with Crippen molar-refractivity contribution < 1.29 is 13.9 Å². The maximum atomic E-state index is 11.4. The van der Waals surface area contributed by atoms with Crippen molar-refractivity contribution in [3.63, 3.8) is 0 Å². The molecule has 0 aliphatic carbocycles. The van der Waals surface area contributed by atoms with E-state index >= 15 is 0 Å². The van der Waals surface area contributed by atoms with Gasteiger partial charge in [-0.3, -0.25) is 4.79 Å². The number of carbonyl (C=O) groups excluding carboxylic acids is 1. The number of ether oxygens (including phenoxy) is 1. The van der Waals surface area contributed by atoms with Crippen LogP contribution >= 0.6 is 0 Å². The maximum Gasteiger partial charge on any atom is 0.253 e. The molecule has 0 aliphatic rings. The zero-order valence-electron chi connectivity index (χ0n) is 11.6. The van der Waals surface area contributed by atoms with Gasteiger partial charge >= 0.3 is 0 Å². The van der Waals surface area contributed by atoms with Gasteiger partial charge in [0.2, 0.25) is 5.89 Å². The maximum absolute atomic E-state index is 11.4. The molecule has 0 radical (unpaired) electrons. The molecule has 0 saturated carbocycles. The molecular weight excluding hydrogens is 268 g/mol. The Morgan fingerprint density at radius 2 is 1.95 bits per heavy atom. The Labute approximate surface area is 121 Å². The summed E-state index contributed by atoms with van der Waals surface area (Å²) in [5.41, 5.74) is 0.531. The summed E-state index contributed by atoms with van der Waals surface area (Å²) in [4.78, 5) is 11.4. The average molecular weight is 282 g/mol. The van der Waals surface area contributed by atoms with Gasteiger partial charge in [-0.25, -0.2) is 0 Å². The van der Waals surface area contributed by atoms with Gasteiger partial charge in [0.15, 0.2) is 12.9 Å². The number of rotatable bonds is 5. The molecule has 0 bridgehead atoms. The molecule has 0 saturated heterocycles. The summed E-state index contributed by atoms with van der Waals surface area (Å²) < 4.78 is 11.0. The SMILES string of the molecule is CCc1nnc(COc2ccc3ccccc3c2C=O)o1. The van der Waals surface area contributed by atoms with Crippen LogP contribution in [0.1, 0.15) is 29.1 Å². The van der Waals surface area contributed by atoms with Crippen LogP contribution in [0.5, 0.6) is 5.75 Å². The Kier molecular flexibility index (Phi) is 3.64. The van der Waals surface area contributed by atoms with Crippen LogP contribution in [0.15, 0.2) is 40.8 Å². The third-order valence-electron chi connectivity index (χ3n) is 3.21. The molecule has 0 N–H and O–H groups in total. The minimum absolute atomic E-state index is 0.145. The minimum Gasteiger partial charge on any atom is -0.483 e. The molecular formula is C16H14N2O3. The quantitative estimate of drug-likeness (QED) is 0.672. The highest BCUT2D eigenvalue weighted by Gasteiger charge is 2.10. The number of benzene rings is 2. The van der Waals surface area contributed by atoms with E-state index < -0.39 is 0 Å². The van der Waals surface area contributed by atoms with Crippen LogP contribution in [0.4, 0.5) is 0 Å². The molecule has 1 aromatic heterocycles. The Balaban J connectivity index is 1.88. The fourth-order valence-corrected chi connectivity index (χ4v) is 2.15. The topological polar surface area (TPSA) is 65.2 Å². The lowest BCUT2D eigenvalue weighted by atomic mass is 10.0. The summed E-state index contributed by atoms with van der Waals surface area (Å²) in [6.45, 7) is 2.08. The fraction of sp³-hybridized carbons (Fsp3) is 0.188. The number of aryl methyl sites for hydroxylation is 1. The summed E-state index contributed by atoms with van der Waals surface area (Å²) >= 11 is 0. The highest BCUT2D eigenvalue weighted by molar-refractivity contribution is 6.00. The molecule has 21 heavy (non-hydrogen) atoms. The minimum atomic E-state index is 0.145. The molecule has 0 aliphatic heterocycles. The summed E-state index contributed by atoms with van der Waals surface area (Å²) in [5.74, 6) is 1.49. The van der Waals surface area contributed by atoms with Gasteiger partial charge in [-0.1, -0.05) is 37.3 Å². The third-order valence-corrected chi connectivity index (χ3v) is 3.21. The van der Waals surface area contributed by atoms with E-state index in [4.69, 9.17) is 9.15 Å². The van der Waals surface area contributed by atoms with Crippen LogP contribution in [0.2, 0.25) is 0 Å². The van der Waals surface area contributed by atoms with Gasteiger partial charge in [-0.15, -0.1) is 10.2 Å². The molecule has 0 spiro atoms. The van der Waals surface area contributed by atoms with Crippen molar-refractivity contribution in [1.29, 1.82) is 0 Å². The van der Waals surface area contributed by atoms with Crippen LogP contribution in [-0.4, -0.2) is 16.5 Å². The molecule has 3 aromatic rings. The molecule has 1 heterocycles. The molecule has 0 unspecified atom stereocenters. The van der Waals surface area contributed by atoms with E-state index in [0.717, 1.165) is 17.1 Å². The number of hydrogen-bond acceptors (Lipinski definition) is 5. The van der Waals surface area contributed by atoms with E-state index in [1.165, 1.54) is 0 Å². The van der Waals surface area contributed by atoms with E-state index in [9.17, 15) is 4.79 Å². The summed E-state index contributed by atoms with van der Waals surface area (Å²) in [6, 6.07) is 11.4. The largest absolute Gasteiger partial charge is 0.483 e. The second-order valence-electron chi connectivity index (χ2n) is 4.55. The predicted octanol–water partition coefficient (Wildman–Crippen LogP) is 3.18. The van der Waals surface area contributed by atoms with Crippen molar-refractivity contribution >= 4 is 17.1 Å². The zero-order chi connectivity index (χ0) is 14.7. The first-order chi connectivity index (χ1) is 10.3. The van der Waals surface area contributed by atoms with E-state index in [2.05, 4.69) is 10.2 Å². The number of nitrogens with zero attached hydrogens (tertiary/aromatic N) is 2. The lowest BCUT2D eigenvalue weighted by Gasteiger charge is -2.09. The summed E-state index contributed by atoms with van der Waals surface area (Å²) in [5, 5.41) is 9.63. The van der Waals surface area contributed by atoms with Crippen molar-refractivity contribution in [1.82, 2.24) is 10.2 Å². The molecule has 5 heteroatoms. The van der Waals surface area contributed by atoms with Gasteiger partial charge in [-0.05, 0) is 16.8 Å². The fourth-order valence-electron chi connectivity index (χ4n) is 2.15. The monoisotopic (exact) mass is 282 g/mol. The van der Waals surface area contributed by atoms with Gasteiger partial charge in [0.25, 0.3) is 5.89 Å². The lowest BCUT2D eigenvalue weighted by Crippen LogP contribution is -1.99. The normalized spacial score (nSPS) is 10.7. The smallest absolute Gasteiger partial charge is 0.253 e. The van der Waals surface area contributed by atoms with E-state index in [-0.39, 0.29) is 6.61 Å². The highest BCUT2D eigenvalue weighted by atomic mass is 16.5. The Hall–Kier alpha value is -2.69. The zero-order valence-corrected chi connectivity index (χ0v) is 11.6. The van der Waals surface area contributed by atoms with E-state index in [1.54, 1.807) is 6.07 Å². The average Bonchev–Trinajstić information content (AvgIpc) is 3.00. The van der Waals surface area contributed by atoms with E-state index in [1.807, 2.05) is 37.3 Å². The third kappa shape index (κ3) is 2.63. The van der Waals surface area contributed by atoms with Crippen LogP contribution < -0.4 is 4.74 Å². The number of aldehydes is 1. The van der Waals surface area contributed by atoms with Crippen LogP contribution in [-0.2, 0) is 13.0 Å². The van der Waals surface area contributed by atoms with Crippen molar-refractivity contribution in [2.75, 3.05) is 0 Å². The number of hydrogen-bond donors (Lipinski definition) is 0. The molecule has 2 aromatic carbocycles. The number of carbonyl (C=O) groups is 1. The van der Waals surface area contributed by atoms with Crippen molar-refractivity contribution in [3.05, 3.63) is 53.7 Å². The van der Waals surface area contributed by atoms with Crippen molar-refractivity contribution in [3.8, 4) is 5.75 Å². The summed E-state index contributed by atoms with van der Waals surface area (Å²) in [6.07, 6.45) is 1.49.